The second kappa shape index (κ2) is 6.43. The number of halogens is 2. The Bertz CT molecular complexity index is 628. The van der Waals surface area contributed by atoms with Gasteiger partial charge in [-0.25, -0.2) is 9.78 Å². The number of nitrogens with zero attached hydrogens (tertiary/aromatic N) is 1. The van der Waals surface area contributed by atoms with E-state index < -0.39 is 0 Å². The summed E-state index contributed by atoms with van der Waals surface area (Å²) in [4.78, 5) is 15.9. The number of nitrogens with one attached hydrogen (secondary N) is 2. The molecule has 0 unspecified atom stereocenters. The van der Waals surface area contributed by atoms with Gasteiger partial charge in [0.25, 0.3) is 0 Å². The fourth-order valence-corrected chi connectivity index (χ4v) is 2.64. The third-order valence-corrected chi connectivity index (χ3v) is 3.67. The summed E-state index contributed by atoms with van der Waals surface area (Å²) >= 11 is 13.4. The Labute approximate surface area is 131 Å². The van der Waals surface area contributed by atoms with Crippen LogP contribution in [0.4, 0.5) is 9.93 Å². The first-order valence-corrected chi connectivity index (χ1v) is 7.57. The summed E-state index contributed by atoms with van der Waals surface area (Å²) in [5.74, 6) is 0. The molecule has 2 aromatic rings. The fourth-order valence-electron chi connectivity index (χ4n) is 1.54. The van der Waals surface area contributed by atoms with Gasteiger partial charge in [0.15, 0.2) is 5.13 Å². The van der Waals surface area contributed by atoms with Gasteiger partial charge in [0.05, 0.1) is 10.7 Å². The molecule has 2 rings (SSSR count). The van der Waals surface area contributed by atoms with Crippen LogP contribution in [0, 0.1) is 0 Å². The lowest BCUT2D eigenvalue weighted by atomic mass is 10.2. The number of carbonyl (C=O) groups excluding carboxylic acids is 1. The van der Waals surface area contributed by atoms with Crippen LogP contribution in [0.1, 0.15) is 13.8 Å². The summed E-state index contributed by atoms with van der Waals surface area (Å²) in [5, 5.41) is 8.89. The third-order valence-electron chi connectivity index (χ3n) is 2.35. The predicted octanol–water partition coefficient (Wildman–Crippen LogP) is 4.65. The normalized spacial score (nSPS) is 10.7. The van der Waals surface area contributed by atoms with E-state index in [1.807, 2.05) is 19.2 Å². The summed E-state index contributed by atoms with van der Waals surface area (Å²) in [6.45, 7) is 3.78. The molecule has 0 bridgehead atoms. The Morgan fingerprint density at radius 1 is 1.35 bits per heavy atom. The molecule has 0 aliphatic heterocycles. The highest BCUT2D eigenvalue weighted by Gasteiger charge is 2.11. The average Bonchev–Trinajstić information content (AvgIpc) is 2.79. The van der Waals surface area contributed by atoms with Crippen molar-refractivity contribution in [2.24, 2.45) is 0 Å². The Kier molecular flexibility index (Phi) is 4.86. The van der Waals surface area contributed by atoms with Crippen LogP contribution in [-0.4, -0.2) is 17.1 Å². The maximum absolute atomic E-state index is 11.6. The number of aromatic nitrogens is 1. The molecule has 0 aliphatic rings. The minimum Gasteiger partial charge on any atom is -0.336 e. The van der Waals surface area contributed by atoms with Crippen LogP contribution < -0.4 is 10.6 Å². The van der Waals surface area contributed by atoms with Crippen LogP contribution in [0.25, 0.3) is 11.3 Å². The van der Waals surface area contributed by atoms with Crippen LogP contribution in [-0.2, 0) is 0 Å². The number of carbonyl (C=O) groups is 1. The molecule has 0 fully saturated rings. The van der Waals surface area contributed by atoms with Crippen LogP contribution in [0.5, 0.6) is 0 Å². The first-order valence-electron chi connectivity index (χ1n) is 5.94. The highest BCUT2D eigenvalue weighted by atomic mass is 35.5. The Morgan fingerprint density at radius 3 is 2.80 bits per heavy atom. The molecule has 0 spiro atoms. The highest BCUT2D eigenvalue weighted by molar-refractivity contribution is 7.14. The van der Waals surface area contributed by atoms with Crippen molar-refractivity contribution in [1.82, 2.24) is 10.3 Å². The molecule has 0 aliphatic carbocycles. The van der Waals surface area contributed by atoms with E-state index >= 15 is 0 Å². The molecule has 2 amide bonds. The van der Waals surface area contributed by atoms with E-state index in [4.69, 9.17) is 23.2 Å². The van der Waals surface area contributed by atoms with Crippen LogP contribution in [0.15, 0.2) is 23.6 Å². The number of urea groups is 1. The zero-order chi connectivity index (χ0) is 14.7. The van der Waals surface area contributed by atoms with Gasteiger partial charge in [-0.1, -0.05) is 23.2 Å². The van der Waals surface area contributed by atoms with E-state index in [2.05, 4.69) is 15.6 Å². The molecular formula is C13H13Cl2N3OS. The number of thiazole rings is 1. The largest absolute Gasteiger partial charge is 0.336 e. The van der Waals surface area contributed by atoms with E-state index in [1.165, 1.54) is 11.3 Å². The molecule has 20 heavy (non-hydrogen) atoms. The summed E-state index contributed by atoms with van der Waals surface area (Å²) in [6.07, 6.45) is 0. The first-order chi connectivity index (χ1) is 9.45. The van der Waals surface area contributed by atoms with Gasteiger partial charge in [-0.3, -0.25) is 5.32 Å². The number of hydrogen-bond acceptors (Lipinski definition) is 3. The number of hydrogen-bond donors (Lipinski definition) is 2. The smallest absolute Gasteiger partial charge is 0.321 e. The molecular weight excluding hydrogens is 317 g/mol. The van der Waals surface area contributed by atoms with Gasteiger partial charge in [-0.05, 0) is 32.0 Å². The molecule has 1 aromatic carbocycles. The molecule has 0 atom stereocenters. The summed E-state index contributed by atoms with van der Waals surface area (Å²) in [6, 6.07) is 4.97. The monoisotopic (exact) mass is 329 g/mol. The number of benzene rings is 1. The van der Waals surface area contributed by atoms with Gasteiger partial charge in [0.2, 0.25) is 0 Å². The summed E-state index contributed by atoms with van der Waals surface area (Å²) < 4.78 is 0. The maximum Gasteiger partial charge on any atom is 0.321 e. The van der Waals surface area contributed by atoms with Crippen molar-refractivity contribution >= 4 is 45.7 Å². The van der Waals surface area contributed by atoms with Crippen molar-refractivity contribution in [2.45, 2.75) is 19.9 Å². The molecule has 1 aromatic heterocycles. The van der Waals surface area contributed by atoms with Gasteiger partial charge in [-0.15, -0.1) is 11.3 Å². The second-order valence-corrected chi connectivity index (χ2v) is 6.12. The van der Waals surface area contributed by atoms with Crippen LogP contribution >= 0.6 is 34.5 Å². The SMILES string of the molecule is CC(C)NC(=O)Nc1nc(-c2cc(Cl)ccc2Cl)cs1. The van der Waals surface area contributed by atoms with E-state index in [-0.39, 0.29) is 12.1 Å². The molecule has 7 heteroatoms. The lowest BCUT2D eigenvalue weighted by Crippen LogP contribution is -2.34. The quantitative estimate of drug-likeness (QED) is 0.861. The zero-order valence-electron chi connectivity index (χ0n) is 10.9. The maximum atomic E-state index is 11.6. The number of anilines is 1. The van der Waals surface area contributed by atoms with E-state index in [0.717, 1.165) is 5.56 Å². The van der Waals surface area contributed by atoms with Crippen molar-refractivity contribution in [3.05, 3.63) is 33.6 Å². The third kappa shape index (κ3) is 3.85. The minimum absolute atomic E-state index is 0.0665. The number of rotatable bonds is 3. The molecule has 4 nitrogen and oxygen atoms in total. The fraction of sp³-hybridized carbons (Fsp3) is 0.231. The second-order valence-electron chi connectivity index (χ2n) is 4.42. The van der Waals surface area contributed by atoms with Gasteiger partial charge in [-0.2, -0.15) is 0 Å². The predicted molar refractivity (Wildman–Crippen MR) is 84.9 cm³/mol. The lowest BCUT2D eigenvalue weighted by molar-refractivity contribution is 0.250. The topological polar surface area (TPSA) is 54.0 Å². The summed E-state index contributed by atoms with van der Waals surface area (Å²) in [7, 11) is 0. The Balaban J connectivity index is 2.16. The number of amides is 2. The highest BCUT2D eigenvalue weighted by Crippen LogP contribution is 2.32. The lowest BCUT2D eigenvalue weighted by Gasteiger charge is -2.07. The van der Waals surface area contributed by atoms with Crippen molar-refractivity contribution in [3.8, 4) is 11.3 Å². The average molecular weight is 330 g/mol. The molecule has 0 radical (unpaired) electrons. The molecule has 1 heterocycles. The molecule has 106 valence electrons. The van der Waals surface area contributed by atoms with Gasteiger partial charge in [0.1, 0.15) is 0 Å². The van der Waals surface area contributed by atoms with Crippen molar-refractivity contribution in [1.29, 1.82) is 0 Å². The molecule has 0 saturated heterocycles. The van der Waals surface area contributed by atoms with Crippen LogP contribution in [0.3, 0.4) is 0 Å². The van der Waals surface area contributed by atoms with Gasteiger partial charge < -0.3 is 5.32 Å². The molecule has 0 saturated carbocycles. The van der Waals surface area contributed by atoms with E-state index in [1.54, 1.807) is 18.2 Å². The molecule has 2 N–H and O–H groups in total. The van der Waals surface area contributed by atoms with Gasteiger partial charge >= 0.3 is 6.03 Å². The van der Waals surface area contributed by atoms with Crippen molar-refractivity contribution in [3.63, 3.8) is 0 Å². The van der Waals surface area contributed by atoms with E-state index in [0.29, 0.717) is 20.9 Å². The van der Waals surface area contributed by atoms with E-state index in [9.17, 15) is 4.79 Å². The minimum atomic E-state index is -0.280. The summed E-state index contributed by atoms with van der Waals surface area (Å²) in [5.41, 5.74) is 1.43. The zero-order valence-corrected chi connectivity index (χ0v) is 13.2. The Hall–Kier alpha value is -1.30. The standard InChI is InChI=1S/C13H13Cl2N3OS/c1-7(2)16-12(19)18-13-17-11(6-20-13)9-5-8(14)3-4-10(9)15/h3-7H,1-2H3,(H2,16,17,18,19). The van der Waals surface area contributed by atoms with Crippen molar-refractivity contribution < 1.29 is 4.79 Å². The van der Waals surface area contributed by atoms with Crippen LogP contribution in [0.2, 0.25) is 10.0 Å². The van der Waals surface area contributed by atoms with Gasteiger partial charge in [0, 0.05) is 22.0 Å². The Morgan fingerprint density at radius 2 is 2.10 bits per heavy atom. The van der Waals surface area contributed by atoms with Crippen molar-refractivity contribution in [2.75, 3.05) is 5.32 Å². The first kappa shape index (κ1) is 15.1.